The number of nitrogens with zero attached hydrogens (tertiary/aromatic N) is 4. The fourth-order valence-corrected chi connectivity index (χ4v) is 3.01. The number of nitrogens with one attached hydrogen (secondary N) is 1. The van der Waals surface area contributed by atoms with Crippen LogP contribution in [-0.4, -0.2) is 38.4 Å². The highest BCUT2D eigenvalue weighted by molar-refractivity contribution is 7.99. The predicted octanol–water partition coefficient (Wildman–Crippen LogP) is 2.68. The summed E-state index contributed by atoms with van der Waals surface area (Å²) in [6.45, 7) is 6.95. The zero-order valence-electron chi connectivity index (χ0n) is 13.9. The molecule has 0 fully saturated rings. The second-order valence-corrected chi connectivity index (χ2v) is 6.51. The third kappa shape index (κ3) is 5.35. The molecule has 0 unspecified atom stereocenters. The largest absolute Gasteiger partial charge is 0.355 e. The van der Waals surface area contributed by atoms with Crippen LogP contribution in [0.15, 0.2) is 23.4 Å². The predicted molar refractivity (Wildman–Crippen MR) is 91.9 cm³/mol. The summed E-state index contributed by atoms with van der Waals surface area (Å²) < 4.78 is 1.68. The van der Waals surface area contributed by atoms with Crippen LogP contribution in [0.2, 0.25) is 0 Å². The number of amides is 1. The van der Waals surface area contributed by atoms with Crippen LogP contribution in [0.1, 0.15) is 37.3 Å². The summed E-state index contributed by atoms with van der Waals surface area (Å²) in [4.78, 5) is 11.8. The maximum absolute atomic E-state index is 11.8. The molecule has 0 atom stereocenters. The molecule has 0 bridgehead atoms. The molecule has 2 aromatic rings. The Bertz CT molecular complexity index is 635. The Morgan fingerprint density at radius 2 is 1.96 bits per heavy atom. The Morgan fingerprint density at radius 3 is 2.65 bits per heavy atom. The van der Waals surface area contributed by atoms with Gasteiger partial charge >= 0.3 is 0 Å². The van der Waals surface area contributed by atoms with Crippen LogP contribution >= 0.6 is 11.8 Å². The number of hydrogen-bond acceptors (Lipinski definition) is 5. The Balaban J connectivity index is 1.95. The maximum atomic E-state index is 11.8. The van der Waals surface area contributed by atoms with E-state index >= 15 is 0 Å². The van der Waals surface area contributed by atoms with E-state index in [1.165, 1.54) is 11.8 Å². The van der Waals surface area contributed by atoms with Gasteiger partial charge in [-0.1, -0.05) is 37.6 Å². The number of aromatic nitrogens is 4. The van der Waals surface area contributed by atoms with E-state index in [0.29, 0.717) is 10.9 Å². The first-order valence-electron chi connectivity index (χ1n) is 7.86. The van der Waals surface area contributed by atoms with Gasteiger partial charge in [-0.2, -0.15) is 4.68 Å². The molecule has 0 aliphatic heterocycles. The molecule has 1 N–H and O–H groups in total. The summed E-state index contributed by atoms with van der Waals surface area (Å²) in [5.74, 6) is 0.332. The molecule has 0 spiro atoms. The summed E-state index contributed by atoms with van der Waals surface area (Å²) in [7, 11) is 0. The maximum Gasteiger partial charge on any atom is 0.230 e. The van der Waals surface area contributed by atoms with Crippen molar-refractivity contribution in [1.29, 1.82) is 0 Å². The summed E-state index contributed by atoms with van der Waals surface area (Å²) in [6.07, 6.45) is 3.31. The van der Waals surface area contributed by atoms with Gasteiger partial charge in [0.2, 0.25) is 11.1 Å². The number of benzene rings is 1. The summed E-state index contributed by atoms with van der Waals surface area (Å²) in [5, 5.41) is 15.3. The zero-order valence-corrected chi connectivity index (χ0v) is 14.7. The van der Waals surface area contributed by atoms with Crippen LogP contribution in [0.5, 0.6) is 0 Å². The molecular weight excluding hydrogens is 310 g/mol. The van der Waals surface area contributed by atoms with Gasteiger partial charge in [-0.05, 0) is 54.0 Å². The molecule has 0 saturated carbocycles. The second kappa shape index (κ2) is 8.67. The van der Waals surface area contributed by atoms with Crippen LogP contribution in [0.3, 0.4) is 0 Å². The monoisotopic (exact) mass is 333 g/mol. The number of hydrogen-bond donors (Lipinski definition) is 1. The van der Waals surface area contributed by atoms with Crippen molar-refractivity contribution in [1.82, 2.24) is 25.5 Å². The Kier molecular flexibility index (Phi) is 6.58. The van der Waals surface area contributed by atoms with Gasteiger partial charge in [-0.15, -0.1) is 5.10 Å². The van der Waals surface area contributed by atoms with Crippen LogP contribution in [0.4, 0.5) is 0 Å². The highest BCUT2D eigenvalue weighted by atomic mass is 32.2. The van der Waals surface area contributed by atoms with Crippen molar-refractivity contribution in [3.8, 4) is 5.69 Å². The SMILES string of the molecule is CCCCCNC(=O)CSc1nnnn1-c1cc(C)cc(C)c1. The van der Waals surface area contributed by atoms with Crippen LogP contribution < -0.4 is 5.32 Å². The van der Waals surface area contributed by atoms with E-state index in [2.05, 4.69) is 33.8 Å². The van der Waals surface area contributed by atoms with Gasteiger partial charge in [-0.3, -0.25) is 4.79 Å². The van der Waals surface area contributed by atoms with E-state index in [1.54, 1.807) is 4.68 Å². The molecule has 1 heterocycles. The molecule has 1 aromatic carbocycles. The molecular formula is C16H23N5OS. The van der Waals surface area contributed by atoms with Crippen molar-refractivity contribution in [2.45, 2.75) is 45.2 Å². The van der Waals surface area contributed by atoms with E-state index in [-0.39, 0.29) is 5.91 Å². The molecule has 0 aliphatic carbocycles. The molecule has 0 saturated heterocycles. The molecule has 7 heteroatoms. The topological polar surface area (TPSA) is 72.7 Å². The summed E-state index contributed by atoms with van der Waals surface area (Å²) >= 11 is 1.35. The first-order valence-corrected chi connectivity index (χ1v) is 8.85. The van der Waals surface area contributed by atoms with Crippen molar-refractivity contribution in [2.75, 3.05) is 12.3 Å². The van der Waals surface area contributed by atoms with Crippen LogP contribution in [0.25, 0.3) is 5.69 Å². The molecule has 1 amide bonds. The Labute approximate surface area is 141 Å². The fraction of sp³-hybridized carbons (Fsp3) is 0.500. The van der Waals surface area contributed by atoms with Gasteiger partial charge < -0.3 is 5.32 Å². The zero-order chi connectivity index (χ0) is 16.7. The fourth-order valence-electron chi connectivity index (χ4n) is 2.29. The van der Waals surface area contributed by atoms with E-state index in [4.69, 9.17) is 0 Å². The van der Waals surface area contributed by atoms with E-state index in [0.717, 1.165) is 42.6 Å². The third-order valence-corrected chi connectivity index (χ3v) is 4.25. The second-order valence-electron chi connectivity index (χ2n) is 5.56. The minimum absolute atomic E-state index is 0.0149. The lowest BCUT2D eigenvalue weighted by Crippen LogP contribution is -2.26. The van der Waals surface area contributed by atoms with E-state index in [1.807, 2.05) is 26.0 Å². The van der Waals surface area contributed by atoms with Crippen molar-refractivity contribution in [3.05, 3.63) is 29.3 Å². The molecule has 0 aliphatic rings. The lowest BCUT2D eigenvalue weighted by molar-refractivity contribution is -0.118. The lowest BCUT2D eigenvalue weighted by Gasteiger charge is -2.07. The molecule has 6 nitrogen and oxygen atoms in total. The first kappa shape index (κ1) is 17.5. The first-order chi connectivity index (χ1) is 11.1. The summed E-state index contributed by atoms with van der Waals surface area (Å²) in [6, 6.07) is 6.15. The molecule has 0 radical (unpaired) electrons. The van der Waals surface area contributed by atoms with Gasteiger partial charge in [0.05, 0.1) is 11.4 Å². The average molecular weight is 333 g/mol. The number of carbonyl (C=O) groups is 1. The normalized spacial score (nSPS) is 10.7. The minimum Gasteiger partial charge on any atom is -0.355 e. The van der Waals surface area contributed by atoms with Gasteiger partial charge in [0, 0.05) is 6.54 Å². The molecule has 23 heavy (non-hydrogen) atoms. The smallest absolute Gasteiger partial charge is 0.230 e. The van der Waals surface area contributed by atoms with Gasteiger partial charge in [0.15, 0.2) is 0 Å². The highest BCUT2D eigenvalue weighted by Crippen LogP contribution is 2.19. The number of tetrazole rings is 1. The number of thioether (sulfide) groups is 1. The lowest BCUT2D eigenvalue weighted by atomic mass is 10.1. The molecule has 124 valence electrons. The standard InChI is InChI=1S/C16H23N5OS/c1-4-5-6-7-17-15(22)11-23-16-18-19-20-21(16)14-9-12(2)8-13(3)10-14/h8-10H,4-7,11H2,1-3H3,(H,17,22). The average Bonchev–Trinajstić information content (AvgIpc) is 2.97. The van der Waals surface area contributed by atoms with Gasteiger partial charge in [0.1, 0.15) is 0 Å². The van der Waals surface area contributed by atoms with E-state index < -0.39 is 0 Å². The van der Waals surface area contributed by atoms with Crippen molar-refractivity contribution in [3.63, 3.8) is 0 Å². The van der Waals surface area contributed by atoms with Crippen molar-refractivity contribution < 1.29 is 4.79 Å². The summed E-state index contributed by atoms with van der Waals surface area (Å²) in [5.41, 5.74) is 3.22. The minimum atomic E-state index is 0.0149. The molecule has 1 aromatic heterocycles. The molecule has 2 rings (SSSR count). The van der Waals surface area contributed by atoms with E-state index in [9.17, 15) is 4.79 Å². The Morgan fingerprint density at radius 1 is 1.22 bits per heavy atom. The number of unbranched alkanes of at least 4 members (excludes halogenated alkanes) is 2. The number of carbonyl (C=O) groups excluding carboxylic acids is 1. The van der Waals surface area contributed by atoms with Crippen molar-refractivity contribution in [2.24, 2.45) is 0 Å². The number of rotatable bonds is 8. The van der Waals surface area contributed by atoms with Gasteiger partial charge in [-0.25, -0.2) is 0 Å². The van der Waals surface area contributed by atoms with Crippen LogP contribution in [0, 0.1) is 13.8 Å². The third-order valence-electron chi connectivity index (χ3n) is 3.33. The number of aryl methyl sites for hydroxylation is 2. The van der Waals surface area contributed by atoms with Crippen molar-refractivity contribution >= 4 is 17.7 Å². The quantitative estimate of drug-likeness (QED) is 0.594. The highest BCUT2D eigenvalue weighted by Gasteiger charge is 2.12. The Hall–Kier alpha value is -1.89. The van der Waals surface area contributed by atoms with Gasteiger partial charge in [0.25, 0.3) is 0 Å². The van der Waals surface area contributed by atoms with Crippen LogP contribution in [-0.2, 0) is 4.79 Å².